The Morgan fingerprint density at radius 2 is 1.84 bits per heavy atom. The summed E-state index contributed by atoms with van der Waals surface area (Å²) in [6, 6.07) is 0. The molecule has 1 saturated heterocycles. The number of rotatable bonds is 5. The van der Waals surface area contributed by atoms with Crippen molar-refractivity contribution in [2.45, 2.75) is 50.9 Å². The molecule has 25 heavy (non-hydrogen) atoms. The zero-order chi connectivity index (χ0) is 19.0. The molecular formula is C15H23N2O7S+. The van der Waals surface area contributed by atoms with Crippen LogP contribution in [0.4, 0.5) is 0 Å². The summed E-state index contributed by atoms with van der Waals surface area (Å²) in [5, 5.41) is 3.37. The third kappa shape index (κ3) is 7.16. The number of nitrogens with zero attached hydrogens (tertiary/aromatic N) is 1. The molecule has 0 aliphatic carbocycles. The molecule has 140 valence electrons. The van der Waals surface area contributed by atoms with Crippen molar-refractivity contribution in [1.29, 1.82) is 0 Å². The first-order valence-corrected chi connectivity index (χ1v) is 8.46. The average Bonchev–Trinajstić information content (AvgIpc) is 2.52. The Hall–Kier alpha value is -2.03. The lowest BCUT2D eigenvalue weighted by atomic mass is 10.0. The van der Waals surface area contributed by atoms with Gasteiger partial charge >= 0.3 is 23.1 Å². The van der Waals surface area contributed by atoms with Gasteiger partial charge < -0.3 is 18.9 Å². The summed E-state index contributed by atoms with van der Waals surface area (Å²) in [5.74, 6) is -1.57. The molecule has 9 nitrogen and oxygen atoms in total. The molecule has 1 aliphatic heterocycles. The smallest absolute Gasteiger partial charge is 0.405 e. The van der Waals surface area contributed by atoms with E-state index in [2.05, 4.69) is 16.7 Å². The topological polar surface area (TPSA) is 114 Å². The van der Waals surface area contributed by atoms with Gasteiger partial charge in [0.25, 0.3) is 0 Å². The van der Waals surface area contributed by atoms with Crippen LogP contribution in [0.1, 0.15) is 27.2 Å². The van der Waals surface area contributed by atoms with Crippen LogP contribution in [0.2, 0.25) is 0 Å². The van der Waals surface area contributed by atoms with E-state index in [1.807, 2.05) is 0 Å². The van der Waals surface area contributed by atoms with Crippen molar-refractivity contribution in [3.05, 3.63) is 0 Å². The second kappa shape index (κ2) is 10.1. The summed E-state index contributed by atoms with van der Waals surface area (Å²) in [4.78, 5) is 33.9. The van der Waals surface area contributed by atoms with Crippen LogP contribution < -0.4 is 9.98 Å². The Morgan fingerprint density at radius 1 is 1.20 bits per heavy atom. The molecule has 0 aromatic carbocycles. The van der Waals surface area contributed by atoms with Crippen molar-refractivity contribution in [2.75, 3.05) is 13.7 Å². The lowest BCUT2D eigenvalue weighted by Gasteiger charge is -2.39. The van der Waals surface area contributed by atoms with Crippen LogP contribution in [0.5, 0.6) is 0 Å². The molecule has 1 fully saturated rings. The number of amidine groups is 1. The van der Waals surface area contributed by atoms with E-state index in [4.69, 9.17) is 18.9 Å². The standard InChI is InChI=1S/C15H22N2O7S/c1-8(18)21-7-12-14(23-10(3)20)11(22-9(2)19)6-13(24-12)25-15(16-4)17-5/h11-14H,4,6-7H2,1-3,5H3/p+1. The van der Waals surface area contributed by atoms with Gasteiger partial charge in [-0.1, -0.05) is 0 Å². The van der Waals surface area contributed by atoms with Gasteiger partial charge in [-0.15, -0.1) is 0 Å². The number of carbonyl (C=O) groups is 3. The number of thioether (sulfide) groups is 1. The van der Waals surface area contributed by atoms with Gasteiger partial charge in [0.05, 0.1) is 7.05 Å². The monoisotopic (exact) mass is 375 g/mol. The Labute approximate surface area is 150 Å². The highest BCUT2D eigenvalue weighted by Gasteiger charge is 2.44. The summed E-state index contributed by atoms with van der Waals surface area (Å²) >= 11 is 1.24. The van der Waals surface area contributed by atoms with Gasteiger partial charge in [0.1, 0.15) is 24.3 Å². The first-order valence-electron chi connectivity index (χ1n) is 7.58. The average molecular weight is 375 g/mol. The number of nitrogens with one attached hydrogen (secondary N) is 1. The minimum absolute atomic E-state index is 0.140. The summed E-state index contributed by atoms with van der Waals surface area (Å²) in [7, 11) is 1.68. The zero-order valence-corrected chi connectivity index (χ0v) is 15.5. The molecule has 10 heteroatoms. The molecule has 1 N–H and O–H groups in total. The second-order valence-corrected chi connectivity index (χ2v) is 6.34. The van der Waals surface area contributed by atoms with E-state index < -0.39 is 41.7 Å². The molecule has 0 amide bonds. The molecule has 4 unspecified atom stereocenters. The largest absolute Gasteiger partial charge is 0.463 e. The van der Waals surface area contributed by atoms with E-state index in [-0.39, 0.29) is 13.0 Å². The first-order chi connectivity index (χ1) is 11.8. The lowest BCUT2D eigenvalue weighted by molar-refractivity contribution is -0.204. The quantitative estimate of drug-likeness (QED) is 0.225. The van der Waals surface area contributed by atoms with E-state index in [0.29, 0.717) is 5.17 Å². The minimum atomic E-state index is -0.882. The van der Waals surface area contributed by atoms with Crippen molar-refractivity contribution in [3.8, 4) is 0 Å². The predicted octanol–water partition coefficient (Wildman–Crippen LogP) is -0.396. The van der Waals surface area contributed by atoms with Gasteiger partial charge in [0.15, 0.2) is 12.8 Å². The van der Waals surface area contributed by atoms with Gasteiger partial charge in [-0.25, -0.2) is 4.67 Å². The maximum Gasteiger partial charge on any atom is 0.405 e. The molecular weight excluding hydrogens is 352 g/mol. The van der Waals surface area contributed by atoms with Gasteiger partial charge in [0.2, 0.25) is 0 Å². The number of carbonyl (C=O) groups excluding carboxylic acids is 3. The fourth-order valence-electron chi connectivity index (χ4n) is 2.27. The highest BCUT2D eigenvalue weighted by molar-refractivity contribution is 8.14. The molecule has 0 radical (unpaired) electrons. The van der Waals surface area contributed by atoms with Crippen LogP contribution in [-0.4, -0.2) is 67.2 Å². The van der Waals surface area contributed by atoms with E-state index in [1.165, 1.54) is 32.5 Å². The van der Waals surface area contributed by atoms with E-state index in [0.717, 1.165) is 0 Å². The summed E-state index contributed by atoms with van der Waals surface area (Å²) < 4.78 is 25.2. The van der Waals surface area contributed by atoms with Gasteiger partial charge in [-0.2, -0.15) is 0 Å². The van der Waals surface area contributed by atoms with E-state index in [1.54, 1.807) is 7.05 Å². The maximum absolute atomic E-state index is 11.4. The van der Waals surface area contributed by atoms with Crippen LogP contribution in [0.25, 0.3) is 0 Å². The second-order valence-electron chi connectivity index (χ2n) is 5.20. The van der Waals surface area contributed by atoms with Crippen molar-refractivity contribution < 1.29 is 33.3 Å². The Kier molecular flexibility index (Phi) is 8.47. The number of hydrogen-bond donors (Lipinski definition) is 1. The van der Waals surface area contributed by atoms with Gasteiger partial charge in [0, 0.05) is 39.0 Å². The van der Waals surface area contributed by atoms with Crippen LogP contribution in [0.3, 0.4) is 0 Å². The number of hydrogen-bond acceptors (Lipinski definition) is 8. The fraction of sp³-hybridized carbons (Fsp3) is 0.667. The zero-order valence-electron chi connectivity index (χ0n) is 14.6. The summed E-state index contributed by atoms with van der Waals surface area (Å²) in [6.45, 7) is 7.07. The predicted molar refractivity (Wildman–Crippen MR) is 91.9 cm³/mol. The van der Waals surface area contributed by atoms with Gasteiger partial charge in [-0.05, 0) is 0 Å². The molecule has 1 heterocycles. The van der Waals surface area contributed by atoms with Crippen LogP contribution in [0, 0.1) is 0 Å². The SMILES string of the molecule is C=[N+]=C(NC)SC1CC(OC(C)=O)C(OC(C)=O)C(COC(C)=O)O1. The molecule has 1 aliphatic rings. The molecule has 1 rings (SSSR count). The van der Waals surface area contributed by atoms with Crippen molar-refractivity contribution in [2.24, 2.45) is 0 Å². The minimum Gasteiger partial charge on any atom is -0.463 e. The van der Waals surface area contributed by atoms with E-state index >= 15 is 0 Å². The third-order valence-corrected chi connectivity index (χ3v) is 4.28. The number of esters is 3. The molecule has 4 atom stereocenters. The Bertz CT molecular complexity index is 562. The van der Waals surface area contributed by atoms with Crippen molar-refractivity contribution >= 4 is 41.6 Å². The summed E-state index contributed by atoms with van der Waals surface area (Å²) in [5.41, 5.74) is -0.468. The normalized spacial score (nSPS) is 25.3. The maximum atomic E-state index is 11.4. The van der Waals surface area contributed by atoms with Crippen LogP contribution in [0.15, 0.2) is 0 Å². The lowest BCUT2D eigenvalue weighted by Crippen LogP contribution is -2.53. The molecule has 0 bridgehead atoms. The number of ether oxygens (including phenoxy) is 4. The highest BCUT2D eigenvalue weighted by atomic mass is 32.2. The van der Waals surface area contributed by atoms with Crippen LogP contribution >= 0.6 is 11.8 Å². The molecule has 0 aromatic rings. The van der Waals surface area contributed by atoms with Gasteiger partial charge in [-0.3, -0.25) is 19.7 Å². The van der Waals surface area contributed by atoms with E-state index in [9.17, 15) is 14.4 Å². The molecule has 0 aromatic heterocycles. The van der Waals surface area contributed by atoms with Crippen molar-refractivity contribution in [1.82, 2.24) is 9.98 Å². The van der Waals surface area contributed by atoms with Crippen molar-refractivity contribution in [3.63, 3.8) is 0 Å². The van der Waals surface area contributed by atoms with Crippen LogP contribution in [-0.2, 0) is 33.3 Å². The Balaban J connectivity index is 3.01. The highest BCUT2D eigenvalue weighted by Crippen LogP contribution is 2.31. The third-order valence-electron chi connectivity index (χ3n) is 3.15. The summed E-state index contributed by atoms with van der Waals surface area (Å²) in [6.07, 6.45) is -2.14. The molecule has 0 spiro atoms. The Morgan fingerprint density at radius 3 is 2.32 bits per heavy atom. The fourth-order valence-corrected chi connectivity index (χ4v) is 3.20. The first kappa shape index (κ1) is 21.0. The molecule has 0 saturated carbocycles.